The Kier molecular flexibility index (Phi) is 4.10. The van der Waals surface area contributed by atoms with E-state index in [4.69, 9.17) is 10.2 Å². The van der Waals surface area contributed by atoms with Crippen LogP contribution in [0.4, 0.5) is 5.69 Å². The number of amides is 1. The highest BCUT2D eigenvalue weighted by atomic mass is 32.2. The lowest BCUT2D eigenvalue weighted by Crippen LogP contribution is -2.38. The maximum Gasteiger partial charge on any atom is 0.287 e. The quantitative estimate of drug-likeness (QED) is 0.849. The third kappa shape index (κ3) is 3.02. The van der Waals surface area contributed by atoms with E-state index in [0.29, 0.717) is 22.3 Å². The second kappa shape index (κ2) is 6.02. The maximum atomic E-state index is 12.4. The third-order valence-electron chi connectivity index (χ3n) is 3.91. The molecule has 1 amide bonds. The zero-order valence-corrected chi connectivity index (χ0v) is 12.9. The Labute approximate surface area is 128 Å². The van der Waals surface area contributed by atoms with E-state index in [-0.39, 0.29) is 11.9 Å². The minimum atomic E-state index is -0.127. The Morgan fingerprint density at radius 1 is 1.43 bits per heavy atom. The van der Waals surface area contributed by atoms with Gasteiger partial charge in [0.2, 0.25) is 0 Å². The van der Waals surface area contributed by atoms with Gasteiger partial charge in [-0.1, -0.05) is 13.3 Å². The summed E-state index contributed by atoms with van der Waals surface area (Å²) in [6, 6.07) is 7.41. The van der Waals surface area contributed by atoms with Crippen molar-refractivity contribution in [1.29, 1.82) is 0 Å². The molecule has 0 radical (unpaired) electrons. The summed E-state index contributed by atoms with van der Waals surface area (Å²) in [6.45, 7) is 2.16. The first-order valence-corrected chi connectivity index (χ1v) is 8.44. The number of carbonyl (C=O) groups excluding carboxylic acids is 1. The predicted octanol–water partition coefficient (Wildman–Crippen LogP) is 3.42. The van der Waals surface area contributed by atoms with Crippen LogP contribution in [0.5, 0.6) is 0 Å². The number of thioether (sulfide) groups is 1. The summed E-state index contributed by atoms with van der Waals surface area (Å²) in [5, 5.41) is 4.51. The van der Waals surface area contributed by atoms with Crippen molar-refractivity contribution in [2.24, 2.45) is 0 Å². The number of furan rings is 1. The van der Waals surface area contributed by atoms with Crippen LogP contribution < -0.4 is 11.1 Å². The van der Waals surface area contributed by atoms with Gasteiger partial charge in [0.15, 0.2) is 5.76 Å². The highest BCUT2D eigenvalue weighted by Gasteiger charge is 2.29. The lowest BCUT2D eigenvalue weighted by Gasteiger charge is -2.19. The summed E-state index contributed by atoms with van der Waals surface area (Å²) in [5.41, 5.74) is 7.11. The van der Waals surface area contributed by atoms with Gasteiger partial charge in [0.25, 0.3) is 5.91 Å². The molecule has 0 aliphatic heterocycles. The Balaban J connectivity index is 1.74. The van der Waals surface area contributed by atoms with Gasteiger partial charge in [-0.2, -0.15) is 11.8 Å². The second-order valence-electron chi connectivity index (χ2n) is 5.41. The highest BCUT2D eigenvalue weighted by Crippen LogP contribution is 2.30. The Hall–Kier alpha value is -1.62. The third-order valence-corrected chi connectivity index (χ3v) is 5.24. The molecule has 2 aromatic rings. The number of nitrogens with one attached hydrogen (secondary N) is 1. The monoisotopic (exact) mass is 304 g/mol. The first kappa shape index (κ1) is 14.3. The normalized spacial score (nSPS) is 21.8. The van der Waals surface area contributed by atoms with Crippen LogP contribution in [0, 0.1) is 0 Å². The van der Waals surface area contributed by atoms with Crippen LogP contribution in [0.3, 0.4) is 0 Å². The number of hydrogen-bond donors (Lipinski definition) is 2. The van der Waals surface area contributed by atoms with Crippen molar-refractivity contribution in [3.05, 3.63) is 30.0 Å². The van der Waals surface area contributed by atoms with E-state index in [2.05, 4.69) is 12.2 Å². The molecule has 1 heterocycles. The van der Waals surface area contributed by atoms with Gasteiger partial charge in [-0.15, -0.1) is 0 Å². The Morgan fingerprint density at radius 2 is 2.29 bits per heavy atom. The van der Waals surface area contributed by atoms with Gasteiger partial charge < -0.3 is 15.5 Å². The standard InChI is InChI=1S/C16H20N2O2S/c1-2-21-15-5-3-4-12(15)18-16(19)14-9-10-8-11(17)6-7-13(10)20-14/h6-9,12,15H,2-5,17H2,1H3,(H,18,19). The van der Waals surface area contributed by atoms with Crippen LogP contribution in [0.15, 0.2) is 28.7 Å². The summed E-state index contributed by atoms with van der Waals surface area (Å²) >= 11 is 1.93. The fourth-order valence-electron chi connectivity index (χ4n) is 2.92. The molecule has 0 spiro atoms. The SMILES string of the molecule is CCSC1CCCC1NC(=O)c1cc2cc(N)ccc2o1. The molecule has 21 heavy (non-hydrogen) atoms. The van der Waals surface area contributed by atoms with Gasteiger partial charge in [0, 0.05) is 22.4 Å². The van der Waals surface area contributed by atoms with Gasteiger partial charge in [-0.25, -0.2) is 0 Å². The molecular formula is C16H20N2O2S. The molecule has 5 heteroatoms. The molecule has 1 aliphatic rings. The van der Waals surface area contributed by atoms with Crippen LogP contribution in [0.2, 0.25) is 0 Å². The van der Waals surface area contributed by atoms with Gasteiger partial charge in [-0.3, -0.25) is 4.79 Å². The van der Waals surface area contributed by atoms with E-state index in [0.717, 1.165) is 17.6 Å². The number of nitrogens with two attached hydrogens (primary N) is 1. The number of anilines is 1. The van der Waals surface area contributed by atoms with Gasteiger partial charge >= 0.3 is 0 Å². The van der Waals surface area contributed by atoms with Crippen molar-refractivity contribution in [2.45, 2.75) is 37.5 Å². The van der Waals surface area contributed by atoms with Crippen molar-refractivity contribution in [3.63, 3.8) is 0 Å². The molecule has 1 aromatic heterocycles. The van der Waals surface area contributed by atoms with E-state index in [9.17, 15) is 4.79 Å². The molecule has 1 fully saturated rings. The molecular weight excluding hydrogens is 284 g/mol. The predicted molar refractivity (Wildman–Crippen MR) is 87.7 cm³/mol. The largest absolute Gasteiger partial charge is 0.451 e. The molecule has 0 saturated heterocycles. The van der Waals surface area contributed by atoms with Crippen LogP contribution in [0.1, 0.15) is 36.7 Å². The molecule has 0 bridgehead atoms. The average Bonchev–Trinajstić information content (AvgIpc) is 3.06. The number of rotatable bonds is 4. The number of fused-ring (bicyclic) bond motifs is 1. The summed E-state index contributed by atoms with van der Waals surface area (Å²) in [6.07, 6.45) is 3.41. The van der Waals surface area contributed by atoms with E-state index >= 15 is 0 Å². The fraction of sp³-hybridized carbons (Fsp3) is 0.438. The molecule has 4 nitrogen and oxygen atoms in total. The molecule has 3 N–H and O–H groups in total. The number of nitrogen functional groups attached to an aromatic ring is 1. The first-order chi connectivity index (χ1) is 10.2. The van der Waals surface area contributed by atoms with Crippen LogP contribution in [-0.4, -0.2) is 23.0 Å². The second-order valence-corrected chi connectivity index (χ2v) is 6.93. The summed E-state index contributed by atoms with van der Waals surface area (Å²) in [7, 11) is 0. The van der Waals surface area contributed by atoms with Crippen molar-refractivity contribution >= 4 is 34.3 Å². The van der Waals surface area contributed by atoms with Crippen molar-refractivity contribution in [2.75, 3.05) is 11.5 Å². The molecule has 3 rings (SSSR count). The molecule has 1 aliphatic carbocycles. The Bertz CT molecular complexity index is 653. The van der Waals surface area contributed by atoms with E-state index in [1.807, 2.05) is 17.8 Å². The molecule has 2 atom stereocenters. The van der Waals surface area contributed by atoms with Crippen LogP contribution in [-0.2, 0) is 0 Å². The first-order valence-electron chi connectivity index (χ1n) is 7.39. The summed E-state index contributed by atoms with van der Waals surface area (Å²) < 4.78 is 5.62. The zero-order valence-electron chi connectivity index (χ0n) is 12.1. The summed E-state index contributed by atoms with van der Waals surface area (Å²) in [4.78, 5) is 12.4. The lowest BCUT2D eigenvalue weighted by atomic mass is 10.2. The van der Waals surface area contributed by atoms with Crippen molar-refractivity contribution in [1.82, 2.24) is 5.32 Å². The van der Waals surface area contributed by atoms with Gasteiger partial charge in [0.1, 0.15) is 5.58 Å². The minimum absolute atomic E-state index is 0.127. The van der Waals surface area contributed by atoms with Crippen LogP contribution in [0.25, 0.3) is 11.0 Å². The van der Waals surface area contributed by atoms with Crippen molar-refractivity contribution < 1.29 is 9.21 Å². The number of carbonyl (C=O) groups is 1. The number of benzene rings is 1. The molecule has 112 valence electrons. The molecule has 1 saturated carbocycles. The zero-order chi connectivity index (χ0) is 14.8. The fourth-order valence-corrected chi connectivity index (χ4v) is 4.12. The van der Waals surface area contributed by atoms with Gasteiger partial charge in [0.05, 0.1) is 0 Å². The minimum Gasteiger partial charge on any atom is -0.451 e. The van der Waals surface area contributed by atoms with E-state index < -0.39 is 0 Å². The maximum absolute atomic E-state index is 12.4. The molecule has 2 unspecified atom stereocenters. The lowest BCUT2D eigenvalue weighted by molar-refractivity contribution is 0.0913. The molecule has 1 aromatic carbocycles. The van der Waals surface area contributed by atoms with Crippen molar-refractivity contribution in [3.8, 4) is 0 Å². The van der Waals surface area contributed by atoms with Crippen LogP contribution >= 0.6 is 11.8 Å². The average molecular weight is 304 g/mol. The highest BCUT2D eigenvalue weighted by molar-refractivity contribution is 7.99. The number of hydrogen-bond acceptors (Lipinski definition) is 4. The Morgan fingerprint density at radius 3 is 3.10 bits per heavy atom. The topological polar surface area (TPSA) is 68.3 Å². The smallest absolute Gasteiger partial charge is 0.287 e. The van der Waals surface area contributed by atoms with Gasteiger partial charge in [-0.05, 0) is 42.9 Å². The van der Waals surface area contributed by atoms with E-state index in [1.165, 1.54) is 12.8 Å². The van der Waals surface area contributed by atoms with E-state index in [1.54, 1.807) is 18.2 Å². The summed E-state index contributed by atoms with van der Waals surface area (Å²) in [5.74, 6) is 1.32.